The first kappa shape index (κ1) is 14.5. The van der Waals surface area contributed by atoms with Gasteiger partial charge in [-0.25, -0.2) is 0 Å². The number of carbonyl (C=O) groups excluding carboxylic acids is 1. The van der Waals surface area contributed by atoms with Crippen molar-refractivity contribution < 1.29 is 9.53 Å². The fourth-order valence-electron chi connectivity index (χ4n) is 4.52. The Balaban J connectivity index is 1.72. The third-order valence-corrected chi connectivity index (χ3v) is 5.76. The van der Waals surface area contributed by atoms with Gasteiger partial charge in [-0.2, -0.15) is 0 Å². The van der Waals surface area contributed by atoms with E-state index in [9.17, 15) is 4.79 Å². The summed E-state index contributed by atoms with van der Waals surface area (Å²) < 4.78 is 6.20. The number of hydrogen-bond acceptors (Lipinski definition) is 2. The molecule has 1 aliphatic heterocycles. The van der Waals surface area contributed by atoms with Crippen LogP contribution in [-0.4, -0.2) is 5.97 Å². The number of fused-ring (bicyclic) bond motifs is 1. The smallest absolute Gasteiger partial charge is 0.318 e. The van der Waals surface area contributed by atoms with Crippen molar-refractivity contribution in [2.24, 2.45) is 5.92 Å². The topological polar surface area (TPSA) is 26.3 Å². The molecule has 3 aromatic rings. The van der Waals surface area contributed by atoms with Crippen LogP contribution in [0.4, 0.5) is 0 Å². The summed E-state index contributed by atoms with van der Waals surface area (Å²) in [6, 6.07) is 30.4. The van der Waals surface area contributed by atoms with Crippen LogP contribution in [0.25, 0.3) is 0 Å². The number of rotatable bonds is 3. The van der Waals surface area contributed by atoms with E-state index in [1.165, 1.54) is 0 Å². The van der Waals surface area contributed by atoms with Crippen LogP contribution >= 0.6 is 0 Å². The summed E-state index contributed by atoms with van der Waals surface area (Å²) in [4.78, 5) is 13.1. The van der Waals surface area contributed by atoms with E-state index in [0.29, 0.717) is 0 Å². The molecule has 1 saturated heterocycles. The van der Waals surface area contributed by atoms with Gasteiger partial charge in [-0.05, 0) is 12.0 Å². The van der Waals surface area contributed by atoms with E-state index in [4.69, 9.17) is 4.74 Å². The molecule has 2 atom stereocenters. The van der Waals surface area contributed by atoms with E-state index in [2.05, 4.69) is 24.3 Å². The minimum absolute atomic E-state index is 0.101. The second-order valence-electron chi connectivity index (χ2n) is 6.95. The minimum atomic E-state index is -0.699. The van der Waals surface area contributed by atoms with Crippen molar-refractivity contribution in [3.8, 4) is 0 Å². The lowest BCUT2D eigenvalue weighted by Crippen LogP contribution is -2.31. The molecule has 0 spiro atoms. The van der Waals surface area contributed by atoms with Crippen molar-refractivity contribution in [2.75, 3.05) is 0 Å². The number of benzene rings is 3. The molecule has 2 nitrogen and oxygen atoms in total. The number of ether oxygens (including phenoxy) is 1. The molecule has 0 bridgehead atoms. The summed E-state index contributed by atoms with van der Waals surface area (Å²) in [6.45, 7) is 0. The van der Waals surface area contributed by atoms with Gasteiger partial charge in [0.1, 0.15) is 5.41 Å². The Bertz CT molecular complexity index is 879. The van der Waals surface area contributed by atoms with Gasteiger partial charge in [0.25, 0.3) is 0 Å². The lowest BCUT2D eigenvalue weighted by Gasteiger charge is -2.31. The standard InChI is InChI=1S/C23H18O2/c24-21-22(17-10-4-1-5-11-17)16-20(22)23(25-21,18-12-6-2-7-13-18)19-14-8-3-9-15-19/h1-15,20H,16H2. The quantitative estimate of drug-likeness (QED) is 0.665. The Kier molecular flexibility index (Phi) is 2.93. The second-order valence-corrected chi connectivity index (χ2v) is 6.95. The summed E-state index contributed by atoms with van der Waals surface area (Å²) >= 11 is 0. The van der Waals surface area contributed by atoms with Crippen molar-refractivity contribution in [3.05, 3.63) is 108 Å². The first-order chi connectivity index (χ1) is 12.3. The fraction of sp³-hybridized carbons (Fsp3) is 0.174. The lowest BCUT2D eigenvalue weighted by atomic mass is 9.79. The van der Waals surface area contributed by atoms with Gasteiger partial charge in [0, 0.05) is 17.0 Å². The molecular weight excluding hydrogens is 308 g/mol. The molecule has 1 saturated carbocycles. The van der Waals surface area contributed by atoms with Crippen molar-refractivity contribution in [2.45, 2.75) is 17.4 Å². The molecule has 0 N–H and O–H groups in total. The molecule has 1 heterocycles. The van der Waals surface area contributed by atoms with E-state index in [1.54, 1.807) is 0 Å². The zero-order valence-electron chi connectivity index (χ0n) is 13.8. The van der Waals surface area contributed by atoms with Crippen LogP contribution < -0.4 is 0 Å². The Labute approximate surface area is 147 Å². The first-order valence-electron chi connectivity index (χ1n) is 8.68. The van der Waals surface area contributed by atoms with E-state index in [0.717, 1.165) is 23.1 Å². The number of cyclic esters (lactones) is 1. The minimum Gasteiger partial charge on any atom is -0.448 e. The van der Waals surface area contributed by atoms with Crippen molar-refractivity contribution in [1.82, 2.24) is 0 Å². The monoisotopic (exact) mass is 326 g/mol. The van der Waals surface area contributed by atoms with Crippen LogP contribution in [0.3, 0.4) is 0 Å². The summed E-state index contributed by atoms with van der Waals surface area (Å²) in [5.74, 6) is 0.0242. The third-order valence-electron chi connectivity index (χ3n) is 5.76. The molecule has 0 amide bonds. The highest BCUT2D eigenvalue weighted by atomic mass is 16.6. The number of esters is 1. The maximum atomic E-state index is 13.1. The van der Waals surface area contributed by atoms with Gasteiger partial charge in [-0.1, -0.05) is 91.0 Å². The molecule has 1 aliphatic carbocycles. The van der Waals surface area contributed by atoms with E-state index >= 15 is 0 Å². The first-order valence-corrected chi connectivity index (χ1v) is 8.68. The van der Waals surface area contributed by atoms with Gasteiger partial charge < -0.3 is 4.74 Å². The summed E-state index contributed by atoms with van der Waals surface area (Å²) in [7, 11) is 0. The van der Waals surface area contributed by atoms with Crippen molar-refractivity contribution >= 4 is 5.97 Å². The molecule has 0 radical (unpaired) electrons. The normalized spacial score (nSPS) is 25.9. The highest BCUT2D eigenvalue weighted by Crippen LogP contribution is 2.70. The van der Waals surface area contributed by atoms with Crippen LogP contribution in [0, 0.1) is 5.92 Å². The van der Waals surface area contributed by atoms with Crippen LogP contribution in [0.5, 0.6) is 0 Å². The van der Waals surface area contributed by atoms with Crippen molar-refractivity contribution in [1.29, 1.82) is 0 Å². The maximum absolute atomic E-state index is 13.1. The average Bonchev–Trinajstić information content (AvgIpc) is 3.40. The highest BCUT2D eigenvalue weighted by molar-refractivity contribution is 5.92. The Morgan fingerprint density at radius 1 is 0.680 bits per heavy atom. The molecule has 2 unspecified atom stereocenters. The SMILES string of the molecule is O=C1OC(c2ccccc2)(c2ccccc2)C2CC12c1ccccc1. The molecule has 2 aliphatic rings. The van der Waals surface area contributed by atoms with Crippen LogP contribution in [0.15, 0.2) is 91.0 Å². The van der Waals surface area contributed by atoms with Gasteiger partial charge in [0.05, 0.1) is 0 Å². The molecule has 2 fully saturated rings. The molecule has 0 aromatic heterocycles. The summed E-state index contributed by atoms with van der Waals surface area (Å²) in [5.41, 5.74) is 1.96. The van der Waals surface area contributed by atoms with Gasteiger partial charge in [0.15, 0.2) is 5.60 Å². The Hall–Kier alpha value is -2.87. The van der Waals surface area contributed by atoms with Gasteiger partial charge >= 0.3 is 5.97 Å². The molecule has 25 heavy (non-hydrogen) atoms. The number of hydrogen-bond donors (Lipinski definition) is 0. The van der Waals surface area contributed by atoms with Crippen molar-refractivity contribution in [3.63, 3.8) is 0 Å². The molecule has 3 aromatic carbocycles. The van der Waals surface area contributed by atoms with E-state index in [-0.39, 0.29) is 11.9 Å². The Morgan fingerprint density at radius 3 is 1.56 bits per heavy atom. The van der Waals surface area contributed by atoms with Crippen LogP contribution in [-0.2, 0) is 20.5 Å². The number of carbonyl (C=O) groups is 1. The summed E-state index contributed by atoms with van der Waals surface area (Å²) in [6.07, 6.45) is 0.833. The van der Waals surface area contributed by atoms with Gasteiger partial charge in [0.2, 0.25) is 0 Å². The third kappa shape index (κ3) is 1.82. The fourth-order valence-corrected chi connectivity index (χ4v) is 4.52. The largest absolute Gasteiger partial charge is 0.448 e. The van der Waals surface area contributed by atoms with Gasteiger partial charge in [-0.3, -0.25) is 4.79 Å². The molecule has 2 heteroatoms. The zero-order chi connectivity index (χ0) is 16.9. The van der Waals surface area contributed by atoms with E-state index < -0.39 is 11.0 Å². The second kappa shape index (κ2) is 5.06. The lowest BCUT2D eigenvalue weighted by molar-refractivity contribution is -0.152. The Morgan fingerprint density at radius 2 is 1.12 bits per heavy atom. The van der Waals surface area contributed by atoms with Crippen LogP contribution in [0.1, 0.15) is 23.1 Å². The van der Waals surface area contributed by atoms with Crippen LogP contribution in [0.2, 0.25) is 0 Å². The predicted molar refractivity (Wildman–Crippen MR) is 96.0 cm³/mol. The highest BCUT2D eigenvalue weighted by Gasteiger charge is 2.77. The maximum Gasteiger partial charge on any atom is 0.318 e. The summed E-state index contributed by atoms with van der Waals surface area (Å²) in [5, 5.41) is 0. The molecule has 5 rings (SSSR count). The average molecular weight is 326 g/mol. The predicted octanol–water partition coefficient (Wildman–Crippen LogP) is 4.44. The van der Waals surface area contributed by atoms with E-state index in [1.807, 2.05) is 66.7 Å². The zero-order valence-corrected chi connectivity index (χ0v) is 13.8. The molecule has 122 valence electrons. The van der Waals surface area contributed by atoms with Gasteiger partial charge in [-0.15, -0.1) is 0 Å². The molecular formula is C23H18O2.